The number of nitrogens with one attached hydrogen (secondary N) is 1. The lowest BCUT2D eigenvalue weighted by molar-refractivity contribution is -0.0819. The third-order valence-electron chi connectivity index (χ3n) is 2.47. The first-order valence-corrected chi connectivity index (χ1v) is 5.40. The average Bonchev–Trinajstić information content (AvgIpc) is 2.85. The molecule has 1 N–H and O–H groups in total. The van der Waals surface area contributed by atoms with Crippen molar-refractivity contribution in [1.82, 2.24) is 25.3 Å². The van der Waals surface area contributed by atoms with E-state index in [2.05, 4.69) is 25.9 Å². The molecule has 8 nitrogen and oxygen atoms in total. The third kappa shape index (κ3) is 2.32. The first-order chi connectivity index (χ1) is 8.42. The molecule has 2 aromatic heterocycles. The van der Waals surface area contributed by atoms with Gasteiger partial charge < -0.3 is 14.8 Å². The SMILES string of the molecule is c1cc2nnnn2nc1NCC1COCCO1. The Morgan fingerprint density at radius 2 is 2.41 bits per heavy atom. The van der Waals surface area contributed by atoms with Gasteiger partial charge in [0.1, 0.15) is 5.82 Å². The van der Waals surface area contributed by atoms with Gasteiger partial charge in [0.25, 0.3) is 0 Å². The molecular formula is C9H12N6O2. The zero-order chi connectivity index (χ0) is 11.5. The molecule has 3 heterocycles. The van der Waals surface area contributed by atoms with E-state index in [-0.39, 0.29) is 6.10 Å². The van der Waals surface area contributed by atoms with Crippen LogP contribution >= 0.6 is 0 Å². The van der Waals surface area contributed by atoms with E-state index < -0.39 is 0 Å². The van der Waals surface area contributed by atoms with E-state index in [0.717, 1.165) is 0 Å². The highest BCUT2D eigenvalue weighted by Crippen LogP contribution is 2.05. The summed E-state index contributed by atoms with van der Waals surface area (Å²) in [5.74, 6) is 0.707. The van der Waals surface area contributed by atoms with Crippen LogP contribution in [-0.4, -0.2) is 57.7 Å². The number of rotatable bonds is 3. The molecule has 90 valence electrons. The lowest BCUT2D eigenvalue weighted by Gasteiger charge is -2.23. The van der Waals surface area contributed by atoms with Crippen molar-refractivity contribution in [2.45, 2.75) is 6.10 Å². The van der Waals surface area contributed by atoms with E-state index in [1.165, 1.54) is 4.63 Å². The van der Waals surface area contributed by atoms with Gasteiger partial charge in [0, 0.05) is 6.54 Å². The molecule has 1 fully saturated rings. The minimum atomic E-state index is 0.0649. The molecule has 2 aromatic rings. The van der Waals surface area contributed by atoms with E-state index in [4.69, 9.17) is 9.47 Å². The van der Waals surface area contributed by atoms with Crippen LogP contribution in [0.25, 0.3) is 5.65 Å². The van der Waals surface area contributed by atoms with Crippen LogP contribution in [0.3, 0.4) is 0 Å². The largest absolute Gasteiger partial charge is 0.376 e. The summed E-state index contributed by atoms with van der Waals surface area (Å²) in [6, 6.07) is 3.63. The van der Waals surface area contributed by atoms with E-state index in [9.17, 15) is 0 Å². The zero-order valence-corrected chi connectivity index (χ0v) is 9.11. The van der Waals surface area contributed by atoms with Gasteiger partial charge in [-0.1, -0.05) is 0 Å². The average molecular weight is 236 g/mol. The van der Waals surface area contributed by atoms with Crippen molar-refractivity contribution in [1.29, 1.82) is 0 Å². The fraction of sp³-hybridized carbons (Fsp3) is 0.556. The summed E-state index contributed by atoms with van der Waals surface area (Å²) in [6.45, 7) is 2.58. The van der Waals surface area contributed by atoms with Gasteiger partial charge in [-0.15, -0.1) is 14.8 Å². The molecule has 1 saturated heterocycles. The van der Waals surface area contributed by atoms with E-state index >= 15 is 0 Å². The van der Waals surface area contributed by atoms with Gasteiger partial charge in [-0.2, -0.15) is 0 Å². The van der Waals surface area contributed by atoms with Gasteiger partial charge in [0.05, 0.1) is 25.9 Å². The molecule has 1 unspecified atom stereocenters. The highest BCUT2D eigenvalue weighted by Gasteiger charge is 2.14. The normalized spacial score (nSPS) is 20.6. The Balaban J connectivity index is 1.63. The van der Waals surface area contributed by atoms with Crippen LogP contribution < -0.4 is 5.32 Å². The van der Waals surface area contributed by atoms with E-state index in [1.807, 2.05) is 6.07 Å². The van der Waals surface area contributed by atoms with Gasteiger partial charge >= 0.3 is 0 Å². The van der Waals surface area contributed by atoms with Crippen molar-refractivity contribution in [2.75, 3.05) is 31.7 Å². The summed E-state index contributed by atoms with van der Waals surface area (Å²) in [4.78, 5) is 0. The van der Waals surface area contributed by atoms with Gasteiger partial charge in [-0.25, -0.2) is 0 Å². The van der Waals surface area contributed by atoms with Gasteiger partial charge in [0.2, 0.25) is 0 Å². The lowest BCUT2D eigenvalue weighted by atomic mass is 10.3. The third-order valence-corrected chi connectivity index (χ3v) is 2.47. The Kier molecular flexibility index (Phi) is 2.80. The second kappa shape index (κ2) is 4.60. The van der Waals surface area contributed by atoms with Crippen molar-refractivity contribution >= 4 is 11.5 Å². The standard InChI is InChI=1S/C9H12N6O2/c1-2-9-11-13-14-15(9)12-8(1)10-5-7-6-16-3-4-17-7/h1-2,7H,3-6H2,(H,10,12). The molecule has 1 atom stereocenters. The molecule has 0 amide bonds. The molecule has 3 rings (SSSR count). The number of aromatic nitrogens is 5. The number of ether oxygens (including phenoxy) is 2. The topological polar surface area (TPSA) is 86.5 Å². The predicted octanol–water partition coefficient (Wildman–Crippen LogP) is -0.653. The first kappa shape index (κ1) is 10.4. The van der Waals surface area contributed by atoms with Gasteiger partial charge in [-0.05, 0) is 22.6 Å². The second-order valence-electron chi connectivity index (χ2n) is 3.69. The monoisotopic (exact) mass is 236 g/mol. The Morgan fingerprint density at radius 1 is 1.41 bits per heavy atom. The van der Waals surface area contributed by atoms with Crippen LogP contribution in [-0.2, 0) is 9.47 Å². The maximum Gasteiger partial charge on any atom is 0.200 e. The zero-order valence-electron chi connectivity index (χ0n) is 9.11. The molecule has 1 aliphatic heterocycles. The first-order valence-electron chi connectivity index (χ1n) is 5.40. The van der Waals surface area contributed by atoms with Crippen molar-refractivity contribution in [2.24, 2.45) is 0 Å². The minimum Gasteiger partial charge on any atom is -0.376 e. The Morgan fingerprint density at radius 3 is 3.29 bits per heavy atom. The fourth-order valence-electron chi connectivity index (χ4n) is 1.62. The molecule has 0 aliphatic carbocycles. The molecular weight excluding hydrogens is 224 g/mol. The smallest absolute Gasteiger partial charge is 0.200 e. The molecule has 17 heavy (non-hydrogen) atoms. The molecule has 0 bridgehead atoms. The van der Waals surface area contributed by atoms with Crippen molar-refractivity contribution in [3.05, 3.63) is 12.1 Å². The maximum atomic E-state index is 5.51. The number of hydrogen-bond acceptors (Lipinski definition) is 7. The van der Waals surface area contributed by atoms with Gasteiger partial charge in [-0.3, -0.25) is 0 Å². The summed E-state index contributed by atoms with van der Waals surface area (Å²) in [5.41, 5.74) is 0.618. The summed E-state index contributed by atoms with van der Waals surface area (Å²) in [7, 11) is 0. The summed E-state index contributed by atoms with van der Waals surface area (Å²) >= 11 is 0. The quantitative estimate of drug-likeness (QED) is 0.757. The number of hydrogen-bond donors (Lipinski definition) is 1. The van der Waals surface area contributed by atoms with Crippen molar-refractivity contribution < 1.29 is 9.47 Å². The van der Waals surface area contributed by atoms with Crippen LogP contribution in [0.4, 0.5) is 5.82 Å². The molecule has 1 aliphatic rings. The van der Waals surface area contributed by atoms with Crippen LogP contribution in [0, 0.1) is 0 Å². The highest BCUT2D eigenvalue weighted by molar-refractivity contribution is 5.42. The Hall–Kier alpha value is -1.80. The van der Waals surface area contributed by atoms with Crippen molar-refractivity contribution in [3.63, 3.8) is 0 Å². The summed E-state index contributed by atoms with van der Waals surface area (Å²) in [5, 5.41) is 18.4. The Labute approximate surface area is 96.9 Å². The van der Waals surface area contributed by atoms with E-state index in [0.29, 0.717) is 37.8 Å². The lowest BCUT2D eigenvalue weighted by Crippen LogP contribution is -2.34. The second-order valence-corrected chi connectivity index (χ2v) is 3.69. The molecule has 8 heteroatoms. The van der Waals surface area contributed by atoms with Crippen LogP contribution in [0.1, 0.15) is 0 Å². The Bertz CT molecular complexity index is 495. The molecule has 0 spiro atoms. The maximum absolute atomic E-state index is 5.51. The number of anilines is 1. The molecule has 0 saturated carbocycles. The van der Waals surface area contributed by atoms with Crippen LogP contribution in [0.15, 0.2) is 12.1 Å². The van der Waals surface area contributed by atoms with Crippen LogP contribution in [0.2, 0.25) is 0 Å². The molecule has 0 radical (unpaired) electrons. The van der Waals surface area contributed by atoms with Crippen molar-refractivity contribution in [3.8, 4) is 0 Å². The number of nitrogens with zero attached hydrogens (tertiary/aromatic N) is 5. The summed E-state index contributed by atoms with van der Waals surface area (Å²) in [6.07, 6.45) is 0.0649. The predicted molar refractivity (Wildman–Crippen MR) is 57.6 cm³/mol. The summed E-state index contributed by atoms with van der Waals surface area (Å²) < 4.78 is 12.2. The number of fused-ring (bicyclic) bond motifs is 1. The fourth-order valence-corrected chi connectivity index (χ4v) is 1.62. The van der Waals surface area contributed by atoms with E-state index in [1.54, 1.807) is 6.07 Å². The van der Waals surface area contributed by atoms with Crippen LogP contribution in [0.5, 0.6) is 0 Å². The minimum absolute atomic E-state index is 0.0649. The molecule has 0 aromatic carbocycles. The highest BCUT2D eigenvalue weighted by atomic mass is 16.6. The van der Waals surface area contributed by atoms with Gasteiger partial charge in [0.15, 0.2) is 5.65 Å². The number of tetrazole rings is 1.